The van der Waals surface area contributed by atoms with Gasteiger partial charge in [0.05, 0.1) is 11.6 Å². The van der Waals surface area contributed by atoms with Crippen molar-refractivity contribution in [2.24, 2.45) is 11.8 Å². The van der Waals surface area contributed by atoms with Crippen molar-refractivity contribution in [3.63, 3.8) is 0 Å². The number of carbonyl (C=O) groups is 1. The van der Waals surface area contributed by atoms with Gasteiger partial charge in [0.15, 0.2) is 0 Å². The number of nitriles is 1. The van der Waals surface area contributed by atoms with Crippen molar-refractivity contribution < 1.29 is 4.79 Å². The lowest BCUT2D eigenvalue weighted by molar-refractivity contribution is -0.119. The lowest BCUT2D eigenvalue weighted by atomic mass is 10.2. The third-order valence-corrected chi connectivity index (χ3v) is 3.12. The van der Waals surface area contributed by atoms with Gasteiger partial charge in [0.2, 0.25) is 5.91 Å². The molecule has 1 aromatic carbocycles. The minimum atomic E-state index is 0.155. The van der Waals surface area contributed by atoms with Crippen LogP contribution in [0.1, 0.15) is 18.9 Å². The Labute approximate surface area is 95.3 Å². The molecule has 1 aromatic rings. The lowest BCUT2D eigenvalue weighted by Crippen LogP contribution is -2.28. The highest BCUT2D eigenvalue weighted by atomic mass is 16.2. The van der Waals surface area contributed by atoms with Crippen molar-refractivity contribution >= 4 is 11.6 Å². The van der Waals surface area contributed by atoms with Crippen molar-refractivity contribution in [1.29, 1.82) is 5.26 Å². The number of benzene rings is 1. The van der Waals surface area contributed by atoms with Crippen LogP contribution in [0, 0.1) is 23.2 Å². The van der Waals surface area contributed by atoms with Crippen LogP contribution in [-0.4, -0.2) is 13.0 Å². The molecule has 1 aliphatic carbocycles. The van der Waals surface area contributed by atoms with E-state index in [0.717, 1.165) is 12.1 Å². The Morgan fingerprint density at radius 2 is 2.25 bits per heavy atom. The zero-order chi connectivity index (χ0) is 11.7. The monoisotopic (exact) mass is 214 g/mol. The van der Waals surface area contributed by atoms with E-state index in [1.165, 1.54) is 0 Å². The van der Waals surface area contributed by atoms with Crippen LogP contribution in [0.5, 0.6) is 0 Å². The van der Waals surface area contributed by atoms with Gasteiger partial charge in [-0.15, -0.1) is 0 Å². The van der Waals surface area contributed by atoms with Gasteiger partial charge in [-0.2, -0.15) is 5.26 Å². The first-order valence-electron chi connectivity index (χ1n) is 5.41. The zero-order valence-corrected chi connectivity index (χ0v) is 9.47. The molecule has 3 heteroatoms. The first kappa shape index (κ1) is 10.7. The summed E-state index contributed by atoms with van der Waals surface area (Å²) in [6.45, 7) is 2.09. The molecule has 1 amide bonds. The van der Waals surface area contributed by atoms with E-state index in [1.807, 2.05) is 6.07 Å². The standard InChI is InChI=1S/C13H14N2O/c1-9-6-12(9)13(16)15(2)11-5-3-4-10(7-11)8-14/h3-5,7,9,12H,6H2,1-2H3. The average Bonchev–Trinajstić information content (AvgIpc) is 3.04. The first-order valence-corrected chi connectivity index (χ1v) is 5.41. The summed E-state index contributed by atoms with van der Waals surface area (Å²) >= 11 is 0. The molecule has 0 radical (unpaired) electrons. The van der Waals surface area contributed by atoms with Gasteiger partial charge in [0, 0.05) is 18.7 Å². The molecule has 0 aliphatic heterocycles. The Morgan fingerprint density at radius 1 is 1.56 bits per heavy atom. The molecule has 3 nitrogen and oxygen atoms in total. The number of amides is 1. The maximum atomic E-state index is 12.0. The van der Waals surface area contributed by atoms with E-state index in [4.69, 9.17) is 5.26 Å². The summed E-state index contributed by atoms with van der Waals surface area (Å²) in [6, 6.07) is 9.21. The fourth-order valence-corrected chi connectivity index (χ4v) is 1.83. The number of rotatable bonds is 2. The predicted molar refractivity (Wildman–Crippen MR) is 61.8 cm³/mol. The van der Waals surface area contributed by atoms with Crippen LogP contribution < -0.4 is 4.90 Å². The summed E-state index contributed by atoms with van der Waals surface area (Å²) < 4.78 is 0. The van der Waals surface area contributed by atoms with Crippen molar-refractivity contribution in [3.05, 3.63) is 29.8 Å². The molecule has 0 heterocycles. The van der Waals surface area contributed by atoms with Gasteiger partial charge in [-0.05, 0) is 30.5 Å². The summed E-state index contributed by atoms with van der Waals surface area (Å²) in [5, 5.41) is 8.79. The Bertz CT molecular complexity index is 461. The molecule has 0 aromatic heterocycles. The second kappa shape index (κ2) is 3.97. The largest absolute Gasteiger partial charge is 0.315 e. The van der Waals surface area contributed by atoms with E-state index in [2.05, 4.69) is 13.0 Å². The Hall–Kier alpha value is -1.82. The molecule has 0 N–H and O–H groups in total. The molecule has 2 unspecified atom stereocenters. The van der Waals surface area contributed by atoms with Crippen LogP contribution >= 0.6 is 0 Å². The molecule has 1 aliphatic rings. The quantitative estimate of drug-likeness (QED) is 0.757. The van der Waals surface area contributed by atoms with Crippen molar-refractivity contribution in [3.8, 4) is 6.07 Å². The van der Waals surface area contributed by atoms with Crippen LogP contribution in [0.15, 0.2) is 24.3 Å². The first-order chi connectivity index (χ1) is 7.63. The summed E-state index contributed by atoms with van der Waals surface area (Å²) in [6.07, 6.45) is 0.987. The van der Waals surface area contributed by atoms with Gasteiger partial charge in [-0.1, -0.05) is 13.0 Å². The van der Waals surface area contributed by atoms with Crippen molar-refractivity contribution in [2.45, 2.75) is 13.3 Å². The molecule has 16 heavy (non-hydrogen) atoms. The number of hydrogen-bond donors (Lipinski definition) is 0. The fraction of sp³-hybridized carbons (Fsp3) is 0.385. The van der Waals surface area contributed by atoms with Crippen molar-refractivity contribution in [1.82, 2.24) is 0 Å². The van der Waals surface area contributed by atoms with Gasteiger partial charge < -0.3 is 4.90 Å². The van der Waals surface area contributed by atoms with Crippen LogP contribution in [0.4, 0.5) is 5.69 Å². The molecule has 82 valence electrons. The second-order valence-corrected chi connectivity index (χ2v) is 4.38. The van der Waals surface area contributed by atoms with E-state index in [0.29, 0.717) is 11.5 Å². The summed E-state index contributed by atoms with van der Waals surface area (Å²) in [4.78, 5) is 13.6. The molecule has 2 rings (SSSR count). The van der Waals surface area contributed by atoms with E-state index in [-0.39, 0.29) is 11.8 Å². The maximum absolute atomic E-state index is 12.0. The summed E-state index contributed by atoms with van der Waals surface area (Å²) in [5.74, 6) is 0.840. The maximum Gasteiger partial charge on any atom is 0.230 e. The van der Waals surface area contributed by atoms with Crippen LogP contribution in [0.3, 0.4) is 0 Å². The Balaban J connectivity index is 2.17. The molecule has 2 atom stereocenters. The van der Waals surface area contributed by atoms with E-state index >= 15 is 0 Å². The average molecular weight is 214 g/mol. The molecule has 1 saturated carbocycles. The Morgan fingerprint density at radius 3 is 2.81 bits per heavy atom. The van der Waals surface area contributed by atoms with Crippen molar-refractivity contribution in [2.75, 3.05) is 11.9 Å². The number of anilines is 1. The SMILES string of the molecule is CC1CC1C(=O)N(C)c1cccc(C#N)c1. The van der Waals surface area contributed by atoms with Gasteiger partial charge >= 0.3 is 0 Å². The van der Waals surface area contributed by atoms with E-state index in [1.54, 1.807) is 30.1 Å². The number of nitrogens with zero attached hydrogens (tertiary/aromatic N) is 2. The molecule has 0 spiro atoms. The minimum absolute atomic E-state index is 0.155. The predicted octanol–water partition coefficient (Wildman–Crippen LogP) is 2.18. The minimum Gasteiger partial charge on any atom is -0.315 e. The van der Waals surface area contributed by atoms with E-state index in [9.17, 15) is 4.79 Å². The highest BCUT2D eigenvalue weighted by Gasteiger charge is 2.40. The second-order valence-electron chi connectivity index (χ2n) is 4.38. The number of carbonyl (C=O) groups excluding carboxylic acids is 1. The molecule has 0 bridgehead atoms. The van der Waals surface area contributed by atoms with Gasteiger partial charge in [0.1, 0.15) is 0 Å². The molecule has 0 saturated heterocycles. The number of hydrogen-bond acceptors (Lipinski definition) is 2. The highest BCUT2D eigenvalue weighted by molar-refractivity contribution is 5.96. The lowest BCUT2D eigenvalue weighted by Gasteiger charge is -2.17. The fourth-order valence-electron chi connectivity index (χ4n) is 1.83. The molecular weight excluding hydrogens is 200 g/mol. The van der Waals surface area contributed by atoms with Crippen LogP contribution in [0.2, 0.25) is 0 Å². The van der Waals surface area contributed by atoms with Crippen LogP contribution in [-0.2, 0) is 4.79 Å². The zero-order valence-electron chi connectivity index (χ0n) is 9.47. The smallest absolute Gasteiger partial charge is 0.230 e. The normalized spacial score (nSPS) is 22.3. The van der Waals surface area contributed by atoms with Gasteiger partial charge in [-0.25, -0.2) is 0 Å². The molecular formula is C13H14N2O. The highest BCUT2D eigenvalue weighted by Crippen LogP contribution is 2.39. The summed E-state index contributed by atoms with van der Waals surface area (Å²) in [7, 11) is 1.77. The third kappa shape index (κ3) is 1.92. The van der Waals surface area contributed by atoms with E-state index < -0.39 is 0 Å². The van der Waals surface area contributed by atoms with Gasteiger partial charge in [0.25, 0.3) is 0 Å². The topological polar surface area (TPSA) is 44.1 Å². The molecule has 1 fully saturated rings. The van der Waals surface area contributed by atoms with Crippen LogP contribution in [0.25, 0.3) is 0 Å². The summed E-state index contributed by atoms with van der Waals surface area (Å²) in [5.41, 5.74) is 1.38. The Kier molecular flexibility index (Phi) is 2.66. The third-order valence-electron chi connectivity index (χ3n) is 3.12. The van der Waals surface area contributed by atoms with Gasteiger partial charge in [-0.3, -0.25) is 4.79 Å².